The molecule has 2 heterocycles. The molecule has 34 heavy (non-hydrogen) atoms. The molecule has 0 saturated carbocycles. The number of guanidine groups is 1. The number of likely N-dealkylation sites (tertiary alicyclic amines) is 1. The van der Waals surface area contributed by atoms with Gasteiger partial charge in [0.15, 0.2) is 5.96 Å². The number of halogens is 2. The van der Waals surface area contributed by atoms with Crippen molar-refractivity contribution in [1.82, 2.24) is 20.5 Å². The smallest absolute Gasteiger partial charge is 0.226 e. The van der Waals surface area contributed by atoms with Gasteiger partial charge >= 0.3 is 0 Å². The third-order valence-corrected chi connectivity index (χ3v) is 5.93. The quantitative estimate of drug-likeness (QED) is 0.223. The minimum atomic E-state index is -0.115. The van der Waals surface area contributed by atoms with E-state index in [1.807, 2.05) is 42.5 Å². The van der Waals surface area contributed by atoms with E-state index >= 15 is 0 Å². The molecule has 1 saturated heterocycles. The van der Waals surface area contributed by atoms with Crippen LogP contribution in [0.4, 0.5) is 4.39 Å². The maximum Gasteiger partial charge on any atom is 0.226 e. The lowest BCUT2D eigenvalue weighted by Gasteiger charge is -2.32. The molecule has 0 aliphatic carbocycles. The van der Waals surface area contributed by atoms with E-state index in [0.29, 0.717) is 24.9 Å². The van der Waals surface area contributed by atoms with Crippen molar-refractivity contribution in [3.8, 4) is 11.5 Å². The molecular formula is C26H33FIN5O. The van der Waals surface area contributed by atoms with Gasteiger partial charge in [0.25, 0.3) is 0 Å². The number of piperidine rings is 1. The molecule has 1 aliphatic rings. The summed E-state index contributed by atoms with van der Waals surface area (Å²) in [5.74, 6) is 1.86. The SMILES string of the molecule is CCNC(=NCc1coc(-c2ccccc2)n1)NCC1CCN(Cc2ccccc2F)CC1.I. The Hall–Kier alpha value is -2.46. The number of rotatable bonds is 8. The lowest BCUT2D eigenvalue weighted by Crippen LogP contribution is -2.42. The fraction of sp³-hybridized carbons (Fsp3) is 0.385. The van der Waals surface area contributed by atoms with Crippen LogP contribution in [0.25, 0.3) is 11.5 Å². The topological polar surface area (TPSA) is 65.7 Å². The fourth-order valence-electron chi connectivity index (χ4n) is 4.05. The summed E-state index contributed by atoms with van der Waals surface area (Å²) >= 11 is 0. The maximum absolute atomic E-state index is 13.9. The maximum atomic E-state index is 13.9. The van der Waals surface area contributed by atoms with Crippen molar-refractivity contribution in [2.75, 3.05) is 26.2 Å². The minimum Gasteiger partial charge on any atom is -0.444 e. The number of aromatic nitrogens is 1. The highest BCUT2D eigenvalue weighted by atomic mass is 127. The first-order valence-corrected chi connectivity index (χ1v) is 11.7. The molecular weight excluding hydrogens is 544 g/mol. The number of benzene rings is 2. The summed E-state index contributed by atoms with van der Waals surface area (Å²) in [5, 5.41) is 6.78. The molecule has 0 atom stereocenters. The zero-order valence-corrected chi connectivity index (χ0v) is 21.9. The highest BCUT2D eigenvalue weighted by Gasteiger charge is 2.20. The Labute approximate surface area is 218 Å². The molecule has 8 heteroatoms. The minimum absolute atomic E-state index is 0. The van der Waals surface area contributed by atoms with Crippen LogP contribution >= 0.6 is 24.0 Å². The van der Waals surface area contributed by atoms with Gasteiger partial charge in [-0.25, -0.2) is 14.4 Å². The first-order valence-electron chi connectivity index (χ1n) is 11.7. The second-order valence-electron chi connectivity index (χ2n) is 8.40. The van der Waals surface area contributed by atoms with Gasteiger partial charge in [-0.2, -0.15) is 0 Å². The first kappa shape index (κ1) is 26.2. The summed E-state index contributed by atoms with van der Waals surface area (Å²) in [6.45, 7) is 6.81. The van der Waals surface area contributed by atoms with Crippen LogP contribution in [-0.2, 0) is 13.1 Å². The van der Waals surface area contributed by atoms with Crippen molar-refractivity contribution in [2.45, 2.75) is 32.9 Å². The van der Waals surface area contributed by atoms with Gasteiger partial charge in [-0.15, -0.1) is 24.0 Å². The number of aliphatic imine (C=N–C) groups is 1. The summed E-state index contributed by atoms with van der Waals surface area (Å²) in [7, 11) is 0. The van der Waals surface area contributed by atoms with Gasteiger partial charge in [-0.1, -0.05) is 36.4 Å². The van der Waals surface area contributed by atoms with Crippen LogP contribution in [0.2, 0.25) is 0 Å². The second kappa shape index (κ2) is 13.4. The molecule has 182 valence electrons. The average Bonchev–Trinajstić information content (AvgIpc) is 3.33. The Morgan fingerprint density at radius 2 is 1.82 bits per heavy atom. The molecule has 6 nitrogen and oxygen atoms in total. The molecule has 1 aliphatic heterocycles. The van der Waals surface area contributed by atoms with Crippen molar-refractivity contribution in [1.29, 1.82) is 0 Å². The lowest BCUT2D eigenvalue weighted by atomic mass is 9.96. The molecule has 0 amide bonds. The zero-order chi connectivity index (χ0) is 22.9. The van der Waals surface area contributed by atoms with Gasteiger partial charge in [0.1, 0.15) is 17.8 Å². The number of hydrogen-bond acceptors (Lipinski definition) is 4. The predicted octanol–water partition coefficient (Wildman–Crippen LogP) is 5.07. The van der Waals surface area contributed by atoms with E-state index in [2.05, 4.69) is 32.4 Å². The monoisotopic (exact) mass is 577 g/mol. The Bertz CT molecular complexity index is 1030. The van der Waals surface area contributed by atoms with Gasteiger partial charge < -0.3 is 15.1 Å². The largest absolute Gasteiger partial charge is 0.444 e. The number of oxazole rings is 1. The molecule has 2 N–H and O–H groups in total. The Balaban J connectivity index is 0.00000324. The van der Waals surface area contributed by atoms with E-state index in [9.17, 15) is 4.39 Å². The standard InChI is InChI=1S/C26H32FN5O.HI/c1-2-28-26(30-17-23-19-33-25(31-23)21-8-4-3-5-9-21)29-16-20-12-14-32(15-13-20)18-22-10-6-7-11-24(22)27;/h3-11,19-20H,2,12-18H2,1H3,(H2,28,29,30);1H. The molecule has 0 bridgehead atoms. The van der Waals surface area contributed by atoms with Crippen molar-refractivity contribution in [3.63, 3.8) is 0 Å². The van der Waals surface area contributed by atoms with Crippen LogP contribution < -0.4 is 10.6 Å². The zero-order valence-electron chi connectivity index (χ0n) is 19.5. The fourth-order valence-corrected chi connectivity index (χ4v) is 4.05. The summed E-state index contributed by atoms with van der Waals surface area (Å²) < 4.78 is 19.5. The average molecular weight is 577 g/mol. The number of hydrogen-bond donors (Lipinski definition) is 2. The van der Waals surface area contributed by atoms with Crippen LogP contribution in [0.5, 0.6) is 0 Å². The van der Waals surface area contributed by atoms with Crippen molar-refractivity contribution in [2.24, 2.45) is 10.9 Å². The molecule has 3 aromatic rings. The molecule has 2 aromatic carbocycles. The Morgan fingerprint density at radius 1 is 1.09 bits per heavy atom. The number of nitrogens with zero attached hydrogens (tertiary/aromatic N) is 3. The van der Waals surface area contributed by atoms with E-state index in [4.69, 9.17) is 4.42 Å². The molecule has 1 aromatic heterocycles. The van der Waals surface area contributed by atoms with Gasteiger partial charge in [-0.3, -0.25) is 4.90 Å². The Morgan fingerprint density at radius 3 is 2.56 bits per heavy atom. The van der Waals surface area contributed by atoms with Gasteiger partial charge in [-0.05, 0) is 57.0 Å². The van der Waals surface area contributed by atoms with Crippen LogP contribution in [-0.4, -0.2) is 42.0 Å². The predicted molar refractivity (Wildman–Crippen MR) is 145 cm³/mol. The normalized spacial score (nSPS) is 15.1. The van der Waals surface area contributed by atoms with E-state index in [1.54, 1.807) is 12.3 Å². The van der Waals surface area contributed by atoms with Crippen molar-refractivity contribution >= 4 is 29.9 Å². The molecule has 0 spiro atoms. The van der Waals surface area contributed by atoms with Crippen LogP contribution in [0.15, 0.2) is 70.3 Å². The third kappa shape index (κ3) is 7.53. The highest BCUT2D eigenvalue weighted by molar-refractivity contribution is 14.0. The summed E-state index contributed by atoms with van der Waals surface area (Å²) in [5.41, 5.74) is 2.53. The summed E-state index contributed by atoms with van der Waals surface area (Å²) in [6.07, 6.45) is 3.84. The highest BCUT2D eigenvalue weighted by Crippen LogP contribution is 2.20. The summed E-state index contributed by atoms with van der Waals surface area (Å²) in [6, 6.07) is 16.9. The summed E-state index contributed by atoms with van der Waals surface area (Å²) in [4.78, 5) is 11.6. The Kier molecular flexibility index (Phi) is 10.3. The van der Waals surface area contributed by atoms with Gasteiger partial charge in [0, 0.05) is 30.8 Å². The van der Waals surface area contributed by atoms with E-state index in [0.717, 1.165) is 61.8 Å². The van der Waals surface area contributed by atoms with Gasteiger partial charge in [0.05, 0.1) is 6.54 Å². The first-order chi connectivity index (χ1) is 16.2. The second-order valence-corrected chi connectivity index (χ2v) is 8.40. The molecule has 0 radical (unpaired) electrons. The molecule has 0 unspecified atom stereocenters. The molecule has 1 fully saturated rings. The van der Waals surface area contributed by atoms with Gasteiger partial charge in [0.2, 0.25) is 5.89 Å². The number of nitrogens with one attached hydrogen (secondary N) is 2. The van der Waals surface area contributed by atoms with Crippen LogP contribution in [0, 0.1) is 11.7 Å². The molecule has 4 rings (SSSR count). The lowest BCUT2D eigenvalue weighted by molar-refractivity contribution is 0.176. The van der Waals surface area contributed by atoms with Crippen molar-refractivity contribution in [3.05, 3.63) is 77.9 Å². The van der Waals surface area contributed by atoms with E-state index < -0.39 is 0 Å². The van der Waals surface area contributed by atoms with E-state index in [1.165, 1.54) is 6.07 Å². The van der Waals surface area contributed by atoms with Crippen LogP contribution in [0.3, 0.4) is 0 Å². The van der Waals surface area contributed by atoms with Crippen LogP contribution in [0.1, 0.15) is 31.0 Å². The van der Waals surface area contributed by atoms with E-state index in [-0.39, 0.29) is 29.8 Å². The van der Waals surface area contributed by atoms with Crippen molar-refractivity contribution < 1.29 is 8.81 Å². The third-order valence-electron chi connectivity index (χ3n) is 5.93.